The lowest BCUT2D eigenvalue weighted by Crippen LogP contribution is -2.38. The van der Waals surface area contributed by atoms with E-state index in [0.29, 0.717) is 6.54 Å². The number of hydrogen-bond acceptors (Lipinski definition) is 4. The minimum absolute atomic E-state index is 0. The predicted octanol–water partition coefficient (Wildman–Crippen LogP) is 3.12. The van der Waals surface area contributed by atoms with Crippen molar-refractivity contribution in [1.82, 2.24) is 15.5 Å². The third-order valence-corrected chi connectivity index (χ3v) is 3.67. The maximum atomic E-state index is 5.76. The molecule has 1 aromatic rings. The number of aliphatic imine (C=N–C) groups is 1. The van der Waals surface area contributed by atoms with Crippen molar-refractivity contribution in [2.45, 2.75) is 33.2 Å². The summed E-state index contributed by atoms with van der Waals surface area (Å²) in [5.74, 6) is 1.76. The summed E-state index contributed by atoms with van der Waals surface area (Å²) in [6, 6.07) is 8.18. The van der Waals surface area contributed by atoms with E-state index in [0.717, 1.165) is 69.6 Å². The number of rotatable bonds is 13. The van der Waals surface area contributed by atoms with Crippen LogP contribution in [0.3, 0.4) is 0 Å². The lowest BCUT2D eigenvalue weighted by atomic mass is 10.2. The molecule has 1 aromatic carbocycles. The maximum absolute atomic E-state index is 5.76. The number of benzene rings is 1. The monoisotopic (exact) mass is 492 g/mol. The van der Waals surface area contributed by atoms with Crippen LogP contribution in [0.15, 0.2) is 29.3 Å². The molecule has 156 valence electrons. The second-order valence-electron chi connectivity index (χ2n) is 6.32. The van der Waals surface area contributed by atoms with E-state index in [4.69, 9.17) is 9.47 Å². The summed E-state index contributed by atoms with van der Waals surface area (Å²) in [5.41, 5.74) is 1.16. The van der Waals surface area contributed by atoms with Gasteiger partial charge in [-0.1, -0.05) is 12.1 Å². The Bertz CT molecular complexity index is 495. The summed E-state index contributed by atoms with van der Waals surface area (Å²) in [7, 11) is 4.15. The molecule has 0 unspecified atom stereocenters. The summed E-state index contributed by atoms with van der Waals surface area (Å²) in [6.45, 7) is 9.75. The van der Waals surface area contributed by atoms with Crippen molar-refractivity contribution in [3.05, 3.63) is 29.8 Å². The number of nitrogens with zero attached hydrogens (tertiary/aromatic N) is 2. The van der Waals surface area contributed by atoms with E-state index in [1.165, 1.54) is 0 Å². The van der Waals surface area contributed by atoms with Crippen LogP contribution < -0.4 is 15.4 Å². The maximum Gasteiger partial charge on any atom is 0.191 e. The molecule has 27 heavy (non-hydrogen) atoms. The Balaban J connectivity index is 0.00000676. The summed E-state index contributed by atoms with van der Waals surface area (Å²) in [4.78, 5) is 6.80. The average Bonchev–Trinajstić information content (AvgIpc) is 2.64. The average molecular weight is 492 g/mol. The van der Waals surface area contributed by atoms with Gasteiger partial charge < -0.3 is 25.0 Å². The number of ether oxygens (including phenoxy) is 2. The molecule has 1 rings (SSSR count). The second kappa shape index (κ2) is 17.1. The first-order valence-corrected chi connectivity index (χ1v) is 9.62. The van der Waals surface area contributed by atoms with Crippen molar-refractivity contribution in [3.8, 4) is 5.75 Å². The van der Waals surface area contributed by atoms with Crippen molar-refractivity contribution >= 4 is 29.9 Å². The van der Waals surface area contributed by atoms with E-state index >= 15 is 0 Å². The Labute approximate surface area is 182 Å². The molecule has 0 fully saturated rings. The van der Waals surface area contributed by atoms with Crippen LogP contribution in [0, 0.1) is 0 Å². The zero-order valence-corrected chi connectivity index (χ0v) is 19.6. The van der Waals surface area contributed by atoms with Crippen molar-refractivity contribution in [3.63, 3.8) is 0 Å². The molecule has 0 atom stereocenters. The largest absolute Gasteiger partial charge is 0.494 e. The molecular weight excluding hydrogens is 455 g/mol. The molecular formula is C20H37IN4O2. The molecule has 0 aromatic heterocycles. The molecule has 0 aliphatic carbocycles. The zero-order chi connectivity index (χ0) is 19.0. The molecule has 0 spiro atoms. The van der Waals surface area contributed by atoms with Gasteiger partial charge in [0.25, 0.3) is 0 Å². The Kier molecular flexibility index (Phi) is 16.4. The highest BCUT2D eigenvalue weighted by Crippen LogP contribution is 2.13. The van der Waals surface area contributed by atoms with Gasteiger partial charge in [-0.25, -0.2) is 4.99 Å². The molecule has 0 heterocycles. The quantitative estimate of drug-likeness (QED) is 0.192. The van der Waals surface area contributed by atoms with Gasteiger partial charge in [0.1, 0.15) is 5.75 Å². The molecule has 0 aliphatic rings. The van der Waals surface area contributed by atoms with Crippen LogP contribution in [0.1, 0.15) is 32.3 Å². The minimum Gasteiger partial charge on any atom is -0.494 e. The molecule has 0 saturated carbocycles. The van der Waals surface area contributed by atoms with Crippen LogP contribution in [0.2, 0.25) is 0 Å². The summed E-state index contributed by atoms with van der Waals surface area (Å²) >= 11 is 0. The zero-order valence-electron chi connectivity index (χ0n) is 17.3. The van der Waals surface area contributed by atoms with Gasteiger partial charge in [0.05, 0.1) is 13.2 Å². The number of halogens is 1. The normalized spacial score (nSPS) is 11.2. The van der Waals surface area contributed by atoms with Crippen LogP contribution in [0.5, 0.6) is 5.75 Å². The fraction of sp³-hybridized carbons (Fsp3) is 0.650. The van der Waals surface area contributed by atoms with Crippen LogP contribution in [0.25, 0.3) is 0 Å². The minimum atomic E-state index is 0. The van der Waals surface area contributed by atoms with E-state index in [1.807, 2.05) is 19.1 Å². The van der Waals surface area contributed by atoms with E-state index in [2.05, 4.69) is 53.7 Å². The Morgan fingerprint density at radius 1 is 1.04 bits per heavy atom. The van der Waals surface area contributed by atoms with Gasteiger partial charge in [0, 0.05) is 32.8 Å². The van der Waals surface area contributed by atoms with E-state index < -0.39 is 0 Å². The summed E-state index contributed by atoms with van der Waals surface area (Å²) in [6.07, 6.45) is 2.00. The SMILES string of the molecule is CCNC(=NCc1ccc(OCCCN(C)C)cc1)NCCCOCC.I. The predicted molar refractivity (Wildman–Crippen MR) is 124 cm³/mol. The van der Waals surface area contributed by atoms with Crippen molar-refractivity contribution in [2.75, 3.05) is 53.6 Å². The molecule has 0 bridgehead atoms. The molecule has 7 heteroatoms. The van der Waals surface area contributed by atoms with Gasteiger partial charge in [0.15, 0.2) is 5.96 Å². The van der Waals surface area contributed by atoms with Gasteiger partial charge >= 0.3 is 0 Å². The van der Waals surface area contributed by atoms with Gasteiger partial charge in [-0.3, -0.25) is 0 Å². The smallest absolute Gasteiger partial charge is 0.191 e. The van der Waals surface area contributed by atoms with Crippen LogP contribution >= 0.6 is 24.0 Å². The van der Waals surface area contributed by atoms with Gasteiger partial charge in [-0.2, -0.15) is 0 Å². The molecule has 0 saturated heterocycles. The third kappa shape index (κ3) is 13.7. The number of hydrogen-bond donors (Lipinski definition) is 2. The second-order valence-corrected chi connectivity index (χ2v) is 6.32. The summed E-state index contributed by atoms with van der Waals surface area (Å²) in [5, 5.41) is 6.60. The highest BCUT2D eigenvalue weighted by Gasteiger charge is 1.99. The van der Waals surface area contributed by atoms with E-state index in [9.17, 15) is 0 Å². The van der Waals surface area contributed by atoms with Crippen LogP contribution in [0.4, 0.5) is 0 Å². The fourth-order valence-electron chi connectivity index (χ4n) is 2.30. The van der Waals surface area contributed by atoms with Gasteiger partial charge in [-0.05, 0) is 58.5 Å². The Morgan fingerprint density at radius 2 is 1.78 bits per heavy atom. The van der Waals surface area contributed by atoms with Crippen molar-refractivity contribution < 1.29 is 9.47 Å². The van der Waals surface area contributed by atoms with Crippen molar-refractivity contribution in [1.29, 1.82) is 0 Å². The molecule has 6 nitrogen and oxygen atoms in total. The van der Waals surface area contributed by atoms with Gasteiger partial charge in [0.2, 0.25) is 0 Å². The molecule has 2 N–H and O–H groups in total. The van der Waals surface area contributed by atoms with E-state index in [-0.39, 0.29) is 24.0 Å². The topological polar surface area (TPSA) is 58.1 Å². The summed E-state index contributed by atoms with van der Waals surface area (Å²) < 4.78 is 11.1. The first kappa shape index (κ1) is 25.9. The molecule has 0 amide bonds. The Hall–Kier alpha value is -1.06. The first-order chi connectivity index (χ1) is 12.7. The lowest BCUT2D eigenvalue weighted by molar-refractivity contribution is 0.145. The van der Waals surface area contributed by atoms with E-state index in [1.54, 1.807) is 0 Å². The molecule has 0 radical (unpaired) electrons. The fourth-order valence-corrected chi connectivity index (χ4v) is 2.30. The highest BCUT2D eigenvalue weighted by molar-refractivity contribution is 14.0. The third-order valence-electron chi connectivity index (χ3n) is 3.67. The Morgan fingerprint density at radius 3 is 2.41 bits per heavy atom. The van der Waals surface area contributed by atoms with Crippen LogP contribution in [-0.4, -0.2) is 64.4 Å². The standard InChI is InChI=1S/C20H36N4O2.HI/c1-5-21-20(22-13-7-15-25-6-2)23-17-18-9-11-19(12-10-18)26-16-8-14-24(3)4;/h9-12H,5-8,13-17H2,1-4H3,(H2,21,22,23);1H. The van der Waals surface area contributed by atoms with Gasteiger partial charge in [-0.15, -0.1) is 24.0 Å². The van der Waals surface area contributed by atoms with Crippen LogP contribution in [-0.2, 0) is 11.3 Å². The van der Waals surface area contributed by atoms with Crippen molar-refractivity contribution in [2.24, 2.45) is 4.99 Å². The highest BCUT2D eigenvalue weighted by atomic mass is 127. The number of guanidine groups is 1. The lowest BCUT2D eigenvalue weighted by Gasteiger charge is -2.12. The molecule has 0 aliphatic heterocycles. The number of nitrogens with one attached hydrogen (secondary N) is 2. The first-order valence-electron chi connectivity index (χ1n) is 9.62.